The number of hydrogen-bond donors (Lipinski definition) is 2. The number of imide groups is 1. The summed E-state index contributed by atoms with van der Waals surface area (Å²) in [5, 5.41) is 12.4. The molecule has 3 aromatic rings. The van der Waals surface area contributed by atoms with Crippen molar-refractivity contribution in [3.05, 3.63) is 71.4 Å². The predicted octanol–water partition coefficient (Wildman–Crippen LogP) is 5.73. The Hall–Kier alpha value is -4.47. The SMILES string of the molecule is CCCc1nc(C(O)(C(F)(F)F)C(F)(F)F)ccc1Oc1ccc(CCN2C(=O)NC(C)(c3ccc(OC(C)C)nc3)C2=O)nc1. The third-order valence-electron chi connectivity index (χ3n) is 7.17. The summed E-state index contributed by atoms with van der Waals surface area (Å²) in [7, 11) is 0. The van der Waals surface area contributed by atoms with Crippen LogP contribution in [0.1, 0.15) is 56.8 Å². The van der Waals surface area contributed by atoms with E-state index in [2.05, 4.69) is 20.3 Å². The lowest BCUT2D eigenvalue weighted by Crippen LogP contribution is -2.54. The summed E-state index contributed by atoms with van der Waals surface area (Å²) in [5.41, 5.74) is -7.44. The lowest BCUT2D eigenvalue weighted by atomic mass is 9.93. The Labute approximate surface area is 259 Å². The van der Waals surface area contributed by atoms with Crippen LogP contribution in [0, 0.1) is 0 Å². The van der Waals surface area contributed by atoms with Crippen molar-refractivity contribution in [1.82, 2.24) is 25.2 Å². The fraction of sp³-hybridized carbons (Fsp3) is 0.433. The molecule has 10 nitrogen and oxygen atoms in total. The topological polar surface area (TPSA) is 127 Å². The number of amides is 3. The summed E-state index contributed by atoms with van der Waals surface area (Å²) >= 11 is 0. The molecule has 1 fully saturated rings. The van der Waals surface area contributed by atoms with E-state index in [1.807, 2.05) is 13.8 Å². The van der Waals surface area contributed by atoms with E-state index in [9.17, 15) is 41.0 Å². The maximum Gasteiger partial charge on any atom is 0.432 e. The van der Waals surface area contributed by atoms with Gasteiger partial charge in [0.15, 0.2) is 0 Å². The van der Waals surface area contributed by atoms with E-state index in [4.69, 9.17) is 9.47 Å². The molecule has 1 aliphatic rings. The first-order chi connectivity index (χ1) is 21.4. The van der Waals surface area contributed by atoms with E-state index in [-0.39, 0.29) is 42.7 Å². The fourth-order valence-electron chi connectivity index (χ4n) is 4.71. The fourth-order valence-corrected chi connectivity index (χ4v) is 4.71. The molecular weight excluding hydrogens is 624 g/mol. The Bertz CT molecular complexity index is 1550. The van der Waals surface area contributed by atoms with Crippen molar-refractivity contribution >= 4 is 11.9 Å². The Balaban J connectivity index is 1.45. The van der Waals surface area contributed by atoms with E-state index in [0.29, 0.717) is 29.6 Å². The first kappa shape index (κ1) is 34.4. The number of carbonyl (C=O) groups is 2. The molecule has 1 unspecified atom stereocenters. The average molecular weight is 656 g/mol. The van der Waals surface area contributed by atoms with E-state index in [0.717, 1.165) is 11.0 Å². The number of halogens is 6. The molecule has 1 atom stereocenters. The second kappa shape index (κ2) is 12.7. The molecule has 0 bridgehead atoms. The molecule has 3 amide bonds. The van der Waals surface area contributed by atoms with Crippen molar-refractivity contribution in [1.29, 1.82) is 0 Å². The normalized spacial score (nSPS) is 17.4. The first-order valence-electron chi connectivity index (χ1n) is 14.2. The number of carbonyl (C=O) groups excluding carboxylic acids is 2. The maximum absolute atomic E-state index is 13.4. The third kappa shape index (κ3) is 6.71. The van der Waals surface area contributed by atoms with Gasteiger partial charge in [0.1, 0.15) is 17.0 Å². The lowest BCUT2D eigenvalue weighted by Gasteiger charge is -2.32. The van der Waals surface area contributed by atoms with Gasteiger partial charge in [-0.1, -0.05) is 13.3 Å². The number of alkyl halides is 6. The summed E-state index contributed by atoms with van der Waals surface area (Å²) in [5.74, 6) is -0.139. The van der Waals surface area contributed by atoms with E-state index < -0.39 is 41.1 Å². The smallest absolute Gasteiger partial charge is 0.432 e. The highest BCUT2D eigenvalue weighted by Crippen LogP contribution is 2.50. The van der Waals surface area contributed by atoms with Crippen molar-refractivity contribution in [2.24, 2.45) is 0 Å². The quantitative estimate of drug-likeness (QED) is 0.198. The number of nitrogens with zero attached hydrogens (tertiary/aromatic N) is 4. The van der Waals surface area contributed by atoms with Crippen LogP contribution in [0.5, 0.6) is 17.4 Å². The van der Waals surface area contributed by atoms with Crippen LogP contribution >= 0.6 is 0 Å². The van der Waals surface area contributed by atoms with Gasteiger partial charge in [-0.2, -0.15) is 26.3 Å². The molecule has 1 aliphatic heterocycles. The zero-order valence-electron chi connectivity index (χ0n) is 25.2. The van der Waals surface area contributed by atoms with Crippen molar-refractivity contribution in [3.8, 4) is 17.4 Å². The molecule has 2 N–H and O–H groups in total. The summed E-state index contributed by atoms with van der Waals surface area (Å²) in [6, 6.07) is 6.92. The molecule has 16 heteroatoms. The van der Waals surface area contributed by atoms with Gasteiger partial charge in [-0.15, -0.1) is 0 Å². The Morgan fingerprint density at radius 2 is 1.65 bits per heavy atom. The largest absolute Gasteiger partial charge is 0.475 e. The van der Waals surface area contributed by atoms with Crippen LogP contribution in [0.2, 0.25) is 0 Å². The molecule has 0 radical (unpaired) electrons. The minimum absolute atomic E-state index is 0.0111. The number of rotatable bonds is 11. The van der Waals surface area contributed by atoms with Gasteiger partial charge < -0.3 is 19.9 Å². The van der Waals surface area contributed by atoms with E-state index >= 15 is 0 Å². The van der Waals surface area contributed by atoms with Crippen molar-refractivity contribution in [2.75, 3.05) is 6.54 Å². The first-order valence-corrected chi connectivity index (χ1v) is 14.2. The molecule has 4 heterocycles. The van der Waals surface area contributed by atoms with Gasteiger partial charge in [-0.05, 0) is 57.5 Å². The average Bonchev–Trinajstić information content (AvgIpc) is 3.19. The van der Waals surface area contributed by atoms with Gasteiger partial charge >= 0.3 is 18.4 Å². The Morgan fingerprint density at radius 3 is 2.20 bits per heavy atom. The van der Waals surface area contributed by atoms with E-state index in [1.165, 1.54) is 24.5 Å². The summed E-state index contributed by atoms with van der Waals surface area (Å²) in [6.07, 6.45) is -9.09. The van der Waals surface area contributed by atoms with Gasteiger partial charge in [-0.3, -0.25) is 19.7 Å². The third-order valence-corrected chi connectivity index (χ3v) is 7.17. The van der Waals surface area contributed by atoms with Crippen LogP contribution in [-0.4, -0.2) is 61.9 Å². The number of urea groups is 1. The van der Waals surface area contributed by atoms with Gasteiger partial charge in [-0.25, -0.2) is 9.78 Å². The second-order valence-corrected chi connectivity index (χ2v) is 11.0. The highest BCUT2D eigenvalue weighted by atomic mass is 19.4. The van der Waals surface area contributed by atoms with Crippen LogP contribution in [0.4, 0.5) is 31.1 Å². The number of aryl methyl sites for hydroxylation is 1. The summed E-state index contributed by atoms with van der Waals surface area (Å²) in [6.45, 7) is 6.89. The molecule has 3 aromatic heterocycles. The molecule has 0 aliphatic carbocycles. The zero-order valence-corrected chi connectivity index (χ0v) is 25.2. The van der Waals surface area contributed by atoms with Crippen LogP contribution in [0.3, 0.4) is 0 Å². The molecule has 1 saturated heterocycles. The predicted molar refractivity (Wildman–Crippen MR) is 150 cm³/mol. The van der Waals surface area contributed by atoms with E-state index in [1.54, 1.807) is 26.0 Å². The van der Waals surface area contributed by atoms with Gasteiger partial charge in [0.25, 0.3) is 11.5 Å². The monoisotopic (exact) mass is 655 g/mol. The van der Waals surface area contributed by atoms with Crippen LogP contribution in [0.25, 0.3) is 0 Å². The maximum atomic E-state index is 13.4. The van der Waals surface area contributed by atoms with Gasteiger partial charge in [0.05, 0.1) is 23.7 Å². The lowest BCUT2D eigenvalue weighted by molar-refractivity contribution is -0.377. The number of aromatic nitrogens is 3. The molecule has 0 aromatic carbocycles. The Morgan fingerprint density at radius 1 is 0.957 bits per heavy atom. The number of pyridine rings is 3. The highest BCUT2D eigenvalue weighted by molar-refractivity contribution is 6.07. The molecular formula is C30H31F6N5O5. The Kier molecular flexibility index (Phi) is 9.52. The molecule has 0 saturated carbocycles. The van der Waals surface area contributed by atoms with Crippen molar-refractivity contribution in [3.63, 3.8) is 0 Å². The zero-order chi connectivity index (χ0) is 34.1. The number of hydrogen-bond acceptors (Lipinski definition) is 8. The van der Waals surface area contributed by atoms with Crippen molar-refractivity contribution in [2.45, 2.75) is 76.6 Å². The van der Waals surface area contributed by atoms with Crippen LogP contribution in [0.15, 0.2) is 48.8 Å². The number of ether oxygens (including phenoxy) is 2. The molecule has 46 heavy (non-hydrogen) atoms. The van der Waals surface area contributed by atoms with Gasteiger partial charge in [0.2, 0.25) is 5.88 Å². The summed E-state index contributed by atoms with van der Waals surface area (Å²) in [4.78, 5) is 39.0. The second-order valence-electron chi connectivity index (χ2n) is 11.0. The molecule has 248 valence electrons. The van der Waals surface area contributed by atoms with Crippen molar-refractivity contribution < 1.29 is 50.5 Å². The molecule has 0 spiro atoms. The van der Waals surface area contributed by atoms with Crippen LogP contribution < -0.4 is 14.8 Å². The highest BCUT2D eigenvalue weighted by Gasteiger charge is 2.72. The van der Waals surface area contributed by atoms with Gasteiger partial charge in [0, 0.05) is 36.5 Å². The number of aliphatic hydroxyl groups is 1. The standard InChI is InChI=1S/C30H31F6N5O5/c1-5-6-21-22(10-11-23(39-21)28(44,29(31,32)33)30(34,35)36)46-20-9-8-19(37-16-20)13-14-41-25(42)27(4,40-26(41)43)18-7-12-24(38-15-18)45-17(2)3/h7-12,15-17,44H,5-6,13-14H2,1-4H3,(H,40,43). The number of nitrogens with one attached hydrogen (secondary N) is 1. The summed E-state index contributed by atoms with van der Waals surface area (Å²) < 4.78 is 91.3. The minimum Gasteiger partial charge on any atom is -0.475 e. The minimum atomic E-state index is -6.08. The van der Waals surface area contributed by atoms with Crippen LogP contribution in [-0.2, 0) is 28.8 Å². The molecule has 4 rings (SSSR count).